The van der Waals surface area contributed by atoms with E-state index in [0.717, 1.165) is 17.7 Å². The maximum Gasteiger partial charge on any atom is 0.245 e. The molecule has 1 aromatic heterocycles. The lowest BCUT2D eigenvalue weighted by molar-refractivity contribution is -0.136. The molecular weight excluding hydrogens is 322 g/mol. The van der Waals surface area contributed by atoms with Crippen molar-refractivity contribution in [1.82, 2.24) is 9.88 Å². The van der Waals surface area contributed by atoms with Gasteiger partial charge in [0, 0.05) is 23.5 Å². The Balaban J connectivity index is 2.38. The molecule has 0 saturated heterocycles. The molecule has 0 aliphatic heterocycles. The number of hydrogen-bond acceptors (Lipinski definition) is 4. The molecule has 0 aromatic carbocycles. The van der Waals surface area contributed by atoms with Gasteiger partial charge < -0.3 is 10.2 Å². The number of rotatable bonds is 11. The van der Waals surface area contributed by atoms with Crippen LogP contribution < -0.4 is 5.32 Å². The maximum absolute atomic E-state index is 12.4. The van der Waals surface area contributed by atoms with Crippen LogP contribution in [0.15, 0.2) is 6.20 Å². The summed E-state index contributed by atoms with van der Waals surface area (Å²) in [7, 11) is 0. The second-order valence-electron chi connectivity index (χ2n) is 6.46. The highest BCUT2D eigenvalue weighted by molar-refractivity contribution is 7.15. The van der Waals surface area contributed by atoms with Crippen molar-refractivity contribution in [2.45, 2.75) is 78.7 Å². The molecule has 0 bridgehead atoms. The lowest BCUT2D eigenvalue weighted by Gasteiger charge is -2.26. The van der Waals surface area contributed by atoms with Crippen LogP contribution in [0.2, 0.25) is 0 Å². The zero-order valence-corrected chi connectivity index (χ0v) is 16.2. The van der Waals surface area contributed by atoms with Crippen molar-refractivity contribution in [2.24, 2.45) is 0 Å². The standard InChI is InChI=1S/C18H31N3O2S/c1-5-6-7-8-9-10-11-17(23)21(14(2)3)13-16(22)20-18-19-12-15(4)24-18/h12,14H,5-11,13H2,1-4H3,(H,19,20,22). The maximum atomic E-state index is 12.4. The molecule has 0 fully saturated rings. The minimum absolute atomic E-state index is 0.0152. The van der Waals surface area contributed by atoms with Crippen molar-refractivity contribution in [3.8, 4) is 0 Å². The van der Waals surface area contributed by atoms with Crippen molar-refractivity contribution < 1.29 is 9.59 Å². The highest BCUT2D eigenvalue weighted by Gasteiger charge is 2.20. The highest BCUT2D eigenvalue weighted by Crippen LogP contribution is 2.16. The Morgan fingerprint density at radius 1 is 1.21 bits per heavy atom. The molecule has 0 saturated carbocycles. The molecule has 1 N–H and O–H groups in total. The second-order valence-corrected chi connectivity index (χ2v) is 7.69. The van der Waals surface area contributed by atoms with Crippen LogP contribution in [0.5, 0.6) is 0 Å². The molecule has 0 aliphatic rings. The molecule has 2 amide bonds. The van der Waals surface area contributed by atoms with Gasteiger partial charge in [-0.05, 0) is 27.2 Å². The van der Waals surface area contributed by atoms with E-state index in [0.29, 0.717) is 11.6 Å². The van der Waals surface area contributed by atoms with E-state index in [1.54, 1.807) is 11.1 Å². The number of amides is 2. The minimum atomic E-state index is -0.186. The van der Waals surface area contributed by atoms with Crippen LogP contribution in [0.4, 0.5) is 5.13 Å². The van der Waals surface area contributed by atoms with Crippen LogP contribution in [0, 0.1) is 6.92 Å². The van der Waals surface area contributed by atoms with Crippen molar-refractivity contribution in [1.29, 1.82) is 0 Å². The number of anilines is 1. The van der Waals surface area contributed by atoms with Crippen molar-refractivity contribution >= 4 is 28.3 Å². The third-order valence-electron chi connectivity index (χ3n) is 3.87. The molecule has 5 nitrogen and oxygen atoms in total. The summed E-state index contributed by atoms with van der Waals surface area (Å²) in [4.78, 5) is 31.4. The van der Waals surface area contributed by atoms with E-state index in [9.17, 15) is 9.59 Å². The number of aryl methyl sites for hydroxylation is 1. The molecule has 0 atom stereocenters. The lowest BCUT2D eigenvalue weighted by atomic mass is 10.1. The Hall–Kier alpha value is -1.43. The molecule has 0 spiro atoms. The molecule has 6 heteroatoms. The summed E-state index contributed by atoms with van der Waals surface area (Å²) in [6, 6.07) is 0.0152. The molecular formula is C18H31N3O2S. The van der Waals surface area contributed by atoms with Gasteiger partial charge in [-0.1, -0.05) is 39.0 Å². The summed E-state index contributed by atoms with van der Waals surface area (Å²) < 4.78 is 0. The first-order valence-electron chi connectivity index (χ1n) is 8.95. The summed E-state index contributed by atoms with van der Waals surface area (Å²) in [6.45, 7) is 8.12. The van der Waals surface area contributed by atoms with E-state index in [1.165, 1.54) is 37.0 Å². The van der Waals surface area contributed by atoms with Gasteiger partial charge in [0.15, 0.2) is 5.13 Å². The van der Waals surface area contributed by atoms with Crippen LogP contribution in [0.25, 0.3) is 0 Å². The van der Waals surface area contributed by atoms with Crippen molar-refractivity contribution in [3.63, 3.8) is 0 Å². The van der Waals surface area contributed by atoms with Gasteiger partial charge in [0.25, 0.3) is 0 Å². The normalized spacial score (nSPS) is 10.9. The van der Waals surface area contributed by atoms with E-state index in [1.807, 2.05) is 20.8 Å². The molecule has 24 heavy (non-hydrogen) atoms. The third kappa shape index (κ3) is 7.90. The van der Waals surface area contributed by atoms with Crippen LogP contribution in [-0.4, -0.2) is 34.3 Å². The fourth-order valence-electron chi connectivity index (χ4n) is 2.48. The average molecular weight is 354 g/mol. The molecule has 0 unspecified atom stereocenters. The molecule has 1 aromatic rings. The van der Waals surface area contributed by atoms with E-state index >= 15 is 0 Å². The number of carbonyl (C=O) groups is 2. The first kappa shape index (κ1) is 20.6. The predicted molar refractivity (Wildman–Crippen MR) is 100 cm³/mol. The molecule has 1 heterocycles. The van der Waals surface area contributed by atoms with Crippen LogP contribution >= 0.6 is 11.3 Å². The lowest BCUT2D eigenvalue weighted by Crippen LogP contribution is -2.42. The smallest absolute Gasteiger partial charge is 0.245 e. The predicted octanol–water partition coefficient (Wildman–Crippen LogP) is 4.38. The number of nitrogens with one attached hydrogen (secondary N) is 1. The number of nitrogens with zero attached hydrogens (tertiary/aromatic N) is 2. The highest BCUT2D eigenvalue weighted by atomic mass is 32.1. The Labute approximate surface area is 149 Å². The summed E-state index contributed by atoms with van der Waals surface area (Å²) in [5.41, 5.74) is 0. The van der Waals surface area contributed by atoms with Crippen molar-refractivity contribution in [3.05, 3.63) is 11.1 Å². The van der Waals surface area contributed by atoms with Crippen molar-refractivity contribution in [2.75, 3.05) is 11.9 Å². The van der Waals surface area contributed by atoms with Crippen LogP contribution in [0.3, 0.4) is 0 Å². The van der Waals surface area contributed by atoms with E-state index in [2.05, 4.69) is 17.2 Å². The largest absolute Gasteiger partial charge is 0.331 e. The average Bonchev–Trinajstić information content (AvgIpc) is 2.92. The van der Waals surface area contributed by atoms with E-state index < -0.39 is 0 Å². The molecule has 1 rings (SSSR count). The molecule has 0 radical (unpaired) electrons. The fourth-order valence-corrected chi connectivity index (χ4v) is 3.17. The Morgan fingerprint density at radius 2 is 1.88 bits per heavy atom. The van der Waals surface area contributed by atoms with Gasteiger partial charge in [-0.3, -0.25) is 9.59 Å². The van der Waals surface area contributed by atoms with Gasteiger partial charge in [-0.25, -0.2) is 4.98 Å². The summed E-state index contributed by atoms with van der Waals surface area (Å²) >= 11 is 1.44. The van der Waals surface area contributed by atoms with Crippen LogP contribution in [-0.2, 0) is 9.59 Å². The number of carbonyl (C=O) groups excluding carboxylic acids is 2. The summed E-state index contributed by atoms with van der Waals surface area (Å²) in [6.07, 6.45) is 9.16. The Bertz CT molecular complexity index is 514. The zero-order chi connectivity index (χ0) is 17.9. The van der Waals surface area contributed by atoms with E-state index in [-0.39, 0.29) is 24.4 Å². The third-order valence-corrected chi connectivity index (χ3v) is 4.70. The first-order chi connectivity index (χ1) is 11.4. The van der Waals surface area contributed by atoms with Gasteiger partial charge >= 0.3 is 0 Å². The summed E-state index contributed by atoms with van der Waals surface area (Å²) in [5, 5.41) is 3.36. The first-order valence-corrected chi connectivity index (χ1v) is 9.77. The molecule has 0 aliphatic carbocycles. The number of thiazole rings is 1. The quantitative estimate of drug-likeness (QED) is 0.601. The second kappa shape index (κ2) is 11.2. The van der Waals surface area contributed by atoms with E-state index in [4.69, 9.17) is 0 Å². The minimum Gasteiger partial charge on any atom is -0.331 e. The molecule has 136 valence electrons. The fraction of sp³-hybridized carbons (Fsp3) is 0.722. The van der Waals surface area contributed by atoms with Gasteiger partial charge in [-0.2, -0.15) is 0 Å². The van der Waals surface area contributed by atoms with Crippen LogP contribution in [0.1, 0.15) is 70.6 Å². The SMILES string of the molecule is CCCCCCCCC(=O)N(CC(=O)Nc1ncc(C)s1)C(C)C. The van der Waals surface area contributed by atoms with Gasteiger partial charge in [0.2, 0.25) is 11.8 Å². The summed E-state index contributed by atoms with van der Waals surface area (Å²) in [5.74, 6) is -0.125. The number of hydrogen-bond donors (Lipinski definition) is 1. The number of aromatic nitrogens is 1. The topological polar surface area (TPSA) is 62.3 Å². The van der Waals surface area contributed by atoms with Gasteiger partial charge in [0.1, 0.15) is 6.54 Å². The van der Waals surface area contributed by atoms with Gasteiger partial charge in [-0.15, -0.1) is 11.3 Å². The zero-order valence-electron chi connectivity index (χ0n) is 15.4. The number of unbranched alkanes of at least 4 members (excludes halogenated alkanes) is 5. The Morgan fingerprint density at radius 3 is 2.46 bits per heavy atom. The monoisotopic (exact) mass is 353 g/mol. The van der Waals surface area contributed by atoms with Gasteiger partial charge in [0.05, 0.1) is 0 Å². The Kier molecular flexibility index (Phi) is 9.60.